The summed E-state index contributed by atoms with van der Waals surface area (Å²) in [5.41, 5.74) is 2.51. The number of nitrogens with one attached hydrogen (secondary N) is 2. The van der Waals surface area contributed by atoms with Gasteiger partial charge in [-0.15, -0.1) is 0 Å². The summed E-state index contributed by atoms with van der Waals surface area (Å²) < 4.78 is 1.50. The van der Waals surface area contributed by atoms with Gasteiger partial charge in [-0.25, -0.2) is 9.78 Å². The number of hydrogen-bond donors (Lipinski definition) is 3. The Bertz CT molecular complexity index is 1010. The number of aliphatic hydroxyl groups excluding tert-OH is 1. The highest BCUT2D eigenvalue weighted by atomic mass is 16.3. The summed E-state index contributed by atoms with van der Waals surface area (Å²) in [5.74, 6) is 0.529. The lowest BCUT2D eigenvalue weighted by atomic mass is 10.2. The number of H-pyrrole nitrogens is 1. The molecule has 142 valence electrons. The van der Waals surface area contributed by atoms with E-state index in [0.717, 1.165) is 16.9 Å². The number of aromatic nitrogens is 3. The lowest BCUT2D eigenvalue weighted by Gasteiger charge is -2.24. The molecule has 1 amide bonds. The van der Waals surface area contributed by atoms with Crippen molar-refractivity contribution in [1.82, 2.24) is 19.9 Å². The first kappa shape index (κ1) is 18.7. The van der Waals surface area contributed by atoms with E-state index in [4.69, 9.17) is 0 Å². The fraction of sp³-hybridized carbons (Fsp3) is 0.316. The monoisotopic (exact) mass is 369 g/mol. The maximum absolute atomic E-state index is 12.4. The Morgan fingerprint density at radius 1 is 1.37 bits per heavy atom. The third-order valence-corrected chi connectivity index (χ3v) is 4.72. The molecule has 0 fully saturated rings. The van der Waals surface area contributed by atoms with Gasteiger partial charge in [-0.2, -0.15) is 0 Å². The number of imidazole rings is 1. The fourth-order valence-corrected chi connectivity index (χ4v) is 2.74. The number of aliphatic hydroxyl groups is 1. The van der Waals surface area contributed by atoms with Gasteiger partial charge in [-0.05, 0) is 36.8 Å². The molecule has 0 aliphatic rings. The Morgan fingerprint density at radius 2 is 2.15 bits per heavy atom. The van der Waals surface area contributed by atoms with Crippen LogP contribution in [0.15, 0.2) is 41.3 Å². The van der Waals surface area contributed by atoms with Crippen LogP contribution in [-0.4, -0.2) is 45.2 Å². The van der Waals surface area contributed by atoms with Crippen LogP contribution < -0.4 is 15.9 Å². The van der Waals surface area contributed by atoms with Crippen LogP contribution in [0.3, 0.4) is 0 Å². The number of hydrogen-bond acceptors (Lipinski definition) is 5. The molecule has 3 aromatic rings. The molecule has 8 nitrogen and oxygen atoms in total. The lowest BCUT2D eigenvalue weighted by Crippen LogP contribution is -2.32. The zero-order valence-electron chi connectivity index (χ0n) is 15.6. The highest BCUT2D eigenvalue weighted by molar-refractivity contribution is 5.97. The van der Waals surface area contributed by atoms with Gasteiger partial charge in [-0.1, -0.05) is 6.07 Å². The van der Waals surface area contributed by atoms with E-state index in [1.54, 1.807) is 31.4 Å². The van der Waals surface area contributed by atoms with Crippen LogP contribution in [0.1, 0.15) is 22.8 Å². The van der Waals surface area contributed by atoms with Crippen LogP contribution in [0.25, 0.3) is 11.0 Å². The summed E-state index contributed by atoms with van der Waals surface area (Å²) in [6, 6.07) is 8.82. The molecule has 1 aromatic carbocycles. The van der Waals surface area contributed by atoms with E-state index < -0.39 is 0 Å². The van der Waals surface area contributed by atoms with Crippen LogP contribution in [0.5, 0.6) is 0 Å². The van der Waals surface area contributed by atoms with E-state index in [0.29, 0.717) is 17.6 Å². The molecule has 1 atom stereocenters. The molecule has 0 aliphatic heterocycles. The number of rotatable bonds is 6. The van der Waals surface area contributed by atoms with Crippen molar-refractivity contribution < 1.29 is 9.90 Å². The summed E-state index contributed by atoms with van der Waals surface area (Å²) in [6.45, 7) is 2.30. The summed E-state index contributed by atoms with van der Waals surface area (Å²) >= 11 is 0. The average Bonchev–Trinajstić information content (AvgIpc) is 2.98. The number of likely N-dealkylation sites (N-methyl/N-ethyl adjacent to an activating group) is 1. The Balaban J connectivity index is 1.66. The highest BCUT2D eigenvalue weighted by Gasteiger charge is 2.11. The van der Waals surface area contributed by atoms with Crippen LogP contribution >= 0.6 is 0 Å². The van der Waals surface area contributed by atoms with Crippen LogP contribution in [-0.2, 0) is 13.6 Å². The molecular formula is C19H23N5O3. The van der Waals surface area contributed by atoms with Gasteiger partial charge in [0.2, 0.25) is 0 Å². The molecule has 3 rings (SSSR count). The van der Waals surface area contributed by atoms with E-state index in [-0.39, 0.29) is 24.2 Å². The smallest absolute Gasteiger partial charge is 0.326 e. The number of benzene rings is 1. The normalized spacial score (nSPS) is 12.1. The third-order valence-electron chi connectivity index (χ3n) is 4.72. The standard InChI is InChI=1S/C19H23N5O3/c1-12(11-25)23(2)17-7-4-13(9-20-17)10-21-18(26)14-5-6-16-15(8-14)22-19(27)24(16)3/h4-9,12,25H,10-11H2,1-3H3,(H,21,26)(H,22,27). The molecule has 2 aromatic heterocycles. The average molecular weight is 369 g/mol. The minimum absolute atomic E-state index is 0.0256. The van der Waals surface area contributed by atoms with E-state index >= 15 is 0 Å². The van der Waals surface area contributed by atoms with E-state index in [1.807, 2.05) is 31.0 Å². The van der Waals surface area contributed by atoms with Crippen molar-refractivity contribution in [1.29, 1.82) is 0 Å². The van der Waals surface area contributed by atoms with E-state index in [2.05, 4.69) is 15.3 Å². The number of anilines is 1. The van der Waals surface area contributed by atoms with Crippen LogP contribution in [0, 0.1) is 0 Å². The van der Waals surface area contributed by atoms with Gasteiger partial charge in [0, 0.05) is 32.4 Å². The van der Waals surface area contributed by atoms with Crippen molar-refractivity contribution in [2.45, 2.75) is 19.5 Å². The number of amides is 1. The van der Waals surface area contributed by atoms with E-state index in [9.17, 15) is 14.7 Å². The first-order chi connectivity index (χ1) is 12.9. The minimum Gasteiger partial charge on any atom is -0.394 e. The lowest BCUT2D eigenvalue weighted by molar-refractivity contribution is 0.0951. The maximum Gasteiger partial charge on any atom is 0.326 e. The number of carbonyl (C=O) groups excluding carboxylic acids is 1. The Labute approximate surface area is 156 Å². The number of aryl methyl sites for hydroxylation is 1. The Kier molecular flexibility index (Phi) is 5.27. The molecule has 1 unspecified atom stereocenters. The zero-order valence-corrected chi connectivity index (χ0v) is 15.6. The zero-order chi connectivity index (χ0) is 19.6. The summed E-state index contributed by atoms with van der Waals surface area (Å²) in [7, 11) is 3.55. The maximum atomic E-state index is 12.4. The van der Waals surface area contributed by atoms with Gasteiger partial charge >= 0.3 is 5.69 Å². The molecule has 0 saturated carbocycles. The summed E-state index contributed by atoms with van der Waals surface area (Å²) in [5, 5.41) is 12.1. The van der Waals surface area contributed by atoms with Crippen molar-refractivity contribution in [2.75, 3.05) is 18.6 Å². The Hall–Kier alpha value is -3.13. The second-order valence-electron chi connectivity index (χ2n) is 6.57. The van der Waals surface area contributed by atoms with Crippen LogP contribution in [0.2, 0.25) is 0 Å². The predicted molar refractivity (Wildman–Crippen MR) is 104 cm³/mol. The van der Waals surface area contributed by atoms with Gasteiger partial charge in [0.05, 0.1) is 23.7 Å². The molecule has 0 radical (unpaired) electrons. The second-order valence-corrected chi connectivity index (χ2v) is 6.57. The van der Waals surface area contributed by atoms with Crippen molar-refractivity contribution in [3.63, 3.8) is 0 Å². The molecule has 27 heavy (non-hydrogen) atoms. The quantitative estimate of drug-likeness (QED) is 0.602. The van der Waals surface area contributed by atoms with Gasteiger partial charge in [0.1, 0.15) is 5.82 Å². The molecular weight excluding hydrogens is 346 g/mol. The Morgan fingerprint density at radius 3 is 2.81 bits per heavy atom. The van der Waals surface area contributed by atoms with Crippen LogP contribution in [0.4, 0.5) is 5.82 Å². The molecule has 3 N–H and O–H groups in total. The molecule has 8 heteroatoms. The summed E-state index contributed by atoms with van der Waals surface area (Å²) in [6.07, 6.45) is 1.70. The van der Waals surface area contributed by atoms with Gasteiger partial charge < -0.3 is 20.3 Å². The third kappa shape index (κ3) is 3.85. The largest absolute Gasteiger partial charge is 0.394 e. The minimum atomic E-state index is -0.225. The number of pyridine rings is 1. The first-order valence-electron chi connectivity index (χ1n) is 8.66. The topological polar surface area (TPSA) is 103 Å². The number of carbonyl (C=O) groups is 1. The molecule has 0 saturated heterocycles. The summed E-state index contributed by atoms with van der Waals surface area (Å²) in [4.78, 5) is 33.0. The number of nitrogens with zero attached hydrogens (tertiary/aromatic N) is 3. The first-order valence-corrected chi connectivity index (χ1v) is 8.66. The number of aromatic amines is 1. The fourth-order valence-electron chi connectivity index (χ4n) is 2.74. The SMILES string of the molecule is CC(CO)N(C)c1ccc(CNC(=O)c2ccc3c(c2)[nH]c(=O)n3C)cn1. The molecule has 0 bridgehead atoms. The van der Waals surface area contributed by atoms with Crippen molar-refractivity contribution >= 4 is 22.8 Å². The molecule has 0 aliphatic carbocycles. The van der Waals surface area contributed by atoms with Crippen molar-refractivity contribution in [3.8, 4) is 0 Å². The molecule has 2 heterocycles. The highest BCUT2D eigenvalue weighted by Crippen LogP contribution is 2.14. The second kappa shape index (κ2) is 7.63. The molecule has 0 spiro atoms. The van der Waals surface area contributed by atoms with Gasteiger partial charge in [-0.3, -0.25) is 9.36 Å². The predicted octanol–water partition coefficient (Wildman–Crippen LogP) is 1.01. The van der Waals surface area contributed by atoms with Crippen molar-refractivity contribution in [2.24, 2.45) is 7.05 Å². The van der Waals surface area contributed by atoms with Gasteiger partial charge in [0.15, 0.2) is 0 Å². The van der Waals surface area contributed by atoms with E-state index in [1.165, 1.54) is 4.57 Å². The van der Waals surface area contributed by atoms with Gasteiger partial charge in [0.25, 0.3) is 5.91 Å². The van der Waals surface area contributed by atoms with Crippen molar-refractivity contribution in [3.05, 3.63) is 58.1 Å². The number of fused-ring (bicyclic) bond motifs is 1.